The molecule has 0 saturated carbocycles. The van der Waals surface area contributed by atoms with Crippen LogP contribution in [-0.2, 0) is 32.1 Å². The molecule has 0 spiro atoms. The van der Waals surface area contributed by atoms with Crippen molar-refractivity contribution in [1.29, 1.82) is 0 Å². The monoisotopic (exact) mass is 1400 g/mol. The van der Waals surface area contributed by atoms with E-state index in [4.69, 9.17) is 11.6 Å². The molecule has 0 nitrogen and oxygen atoms in total. The number of hydrogen-bond donors (Lipinski definition) is 0. The molecule has 103 heavy (non-hydrogen) atoms. The van der Waals surface area contributed by atoms with Crippen LogP contribution in [0.15, 0.2) is 72.8 Å². The Labute approximate surface area is 630 Å². The van der Waals surface area contributed by atoms with Crippen molar-refractivity contribution in [3.8, 4) is 0 Å². The fraction of sp³-hybridized carbons (Fsp3) is 0.588. The van der Waals surface area contributed by atoms with E-state index >= 15 is 0 Å². The number of aryl methyl sites for hydroxylation is 5. The van der Waals surface area contributed by atoms with Gasteiger partial charge in [0, 0.05) is 5.02 Å². The van der Waals surface area contributed by atoms with Crippen LogP contribution < -0.4 is 0 Å². The normalized spacial score (nSPS) is 12.8. The molecule has 0 fully saturated rings. The highest BCUT2D eigenvalue weighted by atomic mass is 35.5. The molecule has 0 bridgehead atoms. The molecule has 0 N–H and O–H groups in total. The van der Waals surface area contributed by atoms with E-state index in [-0.39, 0.29) is 0 Å². The van der Waals surface area contributed by atoms with Gasteiger partial charge in [-0.25, -0.2) is 0 Å². The molecular weight excluding hydrogens is 1260 g/mol. The van der Waals surface area contributed by atoms with Crippen molar-refractivity contribution < 1.29 is 0 Å². The van der Waals surface area contributed by atoms with Crippen molar-refractivity contribution in [2.24, 2.45) is 0 Å². The van der Waals surface area contributed by atoms with Gasteiger partial charge in [-0.05, 0) is 233 Å². The molecule has 0 aliphatic rings. The molecule has 13 aromatic rings. The Balaban J connectivity index is 0.999. The second kappa shape index (κ2) is 38.6. The molecule has 13 rings (SSSR count). The lowest BCUT2D eigenvalue weighted by atomic mass is 9.72. The summed E-state index contributed by atoms with van der Waals surface area (Å²) >= 11 is 7.79. The first-order chi connectivity index (χ1) is 51.0. The van der Waals surface area contributed by atoms with E-state index in [0.29, 0.717) is 0 Å². The van der Waals surface area contributed by atoms with Crippen LogP contribution in [0.2, 0.25) is 5.02 Å². The zero-order valence-corrected chi connectivity index (χ0v) is 67.0. The molecule has 13 aromatic carbocycles. The minimum absolute atomic E-state index is 0.879. The Bertz CT molecular complexity index is 4370. The summed E-state index contributed by atoms with van der Waals surface area (Å²) in [4.78, 5) is 0. The fourth-order valence-corrected chi connectivity index (χ4v) is 20.6. The summed E-state index contributed by atoms with van der Waals surface area (Å²) in [5, 5.41) is 37.0. The molecule has 552 valence electrons. The molecule has 0 unspecified atom stereocenters. The van der Waals surface area contributed by atoms with Crippen molar-refractivity contribution in [2.75, 3.05) is 0 Å². The van der Waals surface area contributed by atoms with Gasteiger partial charge in [-0.1, -0.05) is 396 Å². The zero-order chi connectivity index (χ0) is 70.7. The molecule has 0 radical (unpaired) electrons. The van der Waals surface area contributed by atoms with Gasteiger partial charge in [0.15, 0.2) is 0 Å². The molecule has 0 aliphatic heterocycles. The molecule has 1 heteroatoms. The van der Waals surface area contributed by atoms with Crippen LogP contribution in [0.4, 0.5) is 0 Å². The van der Waals surface area contributed by atoms with Gasteiger partial charge < -0.3 is 0 Å². The number of unbranched alkanes of at least 4 members (excludes halogenated alkanes) is 45. The van der Waals surface area contributed by atoms with Gasteiger partial charge in [-0.3, -0.25) is 0 Å². The van der Waals surface area contributed by atoms with E-state index < -0.39 is 0 Å². The van der Waals surface area contributed by atoms with Crippen molar-refractivity contribution in [1.82, 2.24) is 0 Å². The predicted octanol–water partition coefficient (Wildman–Crippen LogP) is 35.1. The highest BCUT2D eigenvalue weighted by molar-refractivity contribution is 6.61. The standard InChI is InChI=1S/C102H137Cl/c1-6-11-16-21-26-31-36-41-46-51-56-73-61-79-81-63-74(57-52-47-42-37-32-27-22-17-12-7-2)65-83-85-67-76(59-54-49-44-39-34-29-24-19-14-9-4)69-87-89-71-78(103)72-90-88-70-77(60-55-50-45-40-35-30-25-20-15-10-5)68-86-84-66-75(58-53-48-43-38-33-28-23-18-13-8-3)64-82-80(62-73)91(79)97-98(92(81)83)100(94(85)87)102(96(89)90)101(95(86)88)99(97)93(82)84/h61-72H,6-60H2,1-5H3. The number of fused-ring (bicyclic) bond motifs is 6. The van der Waals surface area contributed by atoms with Gasteiger partial charge in [0.2, 0.25) is 0 Å². The van der Waals surface area contributed by atoms with E-state index in [1.165, 1.54) is 429 Å². The Kier molecular flexibility index (Phi) is 28.5. The van der Waals surface area contributed by atoms with Crippen LogP contribution in [0.3, 0.4) is 0 Å². The van der Waals surface area contributed by atoms with Crippen molar-refractivity contribution in [3.63, 3.8) is 0 Å². The lowest BCUT2D eigenvalue weighted by molar-refractivity contribution is 0.556. The van der Waals surface area contributed by atoms with E-state index in [1.807, 2.05) is 0 Å². The Morgan fingerprint density at radius 1 is 0.146 bits per heavy atom. The Hall–Kier alpha value is -5.17. The summed E-state index contributed by atoms with van der Waals surface area (Å²) in [7, 11) is 0. The average Bonchev–Trinajstić information content (AvgIpc) is 0.643. The average molecular weight is 1400 g/mol. The Morgan fingerprint density at radius 3 is 0.398 bits per heavy atom. The molecule has 0 atom stereocenters. The van der Waals surface area contributed by atoms with Gasteiger partial charge in [0.25, 0.3) is 0 Å². The van der Waals surface area contributed by atoms with Crippen LogP contribution in [0, 0.1) is 0 Å². The summed E-state index contributed by atoms with van der Waals surface area (Å²) in [6.45, 7) is 11.7. The highest BCUT2D eigenvalue weighted by Crippen LogP contribution is 2.61. The second-order valence-corrected chi connectivity index (χ2v) is 34.6. The summed E-state index contributed by atoms with van der Waals surface area (Å²) in [6, 6.07) is 32.4. The van der Waals surface area contributed by atoms with Crippen molar-refractivity contribution >= 4 is 141 Å². The largest absolute Gasteiger partial charge is 0.0843 e. The summed E-state index contributed by atoms with van der Waals surface area (Å²) in [5.74, 6) is 0. The number of benzene rings is 13. The quantitative estimate of drug-likeness (QED) is 0.0202. The van der Waals surface area contributed by atoms with E-state index in [9.17, 15) is 0 Å². The summed E-state index contributed by atoms with van der Waals surface area (Å²) in [6.07, 6.45) is 74.0. The van der Waals surface area contributed by atoms with E-state index in [2.05, 4.69) is 107 Å². The first-order valence-electron chi connectivity index (χ1n) is 44.9. The van der Waals surface area contributed by atoms with Crippen LogP contribution in [0.25, 0.3) is 129 Å². The smallest absolute Gasteiger partial charge is 0.0418 e. The van der Waals surface area contributed by atoms with Gasteiger partial charge in [-0.15, -0.1) is 0 Å². The number of hydrogen-bond acceptors (Lipinski definition) is 0. The van der Waals surface area contributed by atoms with Crippen LogP contribution in [0.5, 0.6) is 0 Å². The lowest BCUT2D eigenvalue weighted by Crippen LogP contribution is -2.03. The number of halogens is 1. The van der Waals surface area contributed by atoms with E-state index in [0.717, 1.165) is 37.1 Å². The third-order valence-electron chi connectivity index (χ3n) is 25.9. The van der Waals surface area contributed by atoms with Gasteiger partial charge in [0.1, 0.15) is 0 Å². The maximum Gasteiger partial charge on any atom is 0.0418 e. The first kappa shape index (κ1) is 76.0. The zero-order valence-electron chi connectivity index (χ0n) is 66.2. The summed E-state index contributed by atoms with van der Waals surface area (Å²) in [5.41, 5.74) is 7.70. The SMILES string of the molecule is CCCCCCCCCCCCc1cc2c3cc(Cl)cc4c5cc(CCCCCCCCCCCC)cc6c7cc(CCCCCCCCCCCC)cc8c9cc(CCCCCCCCCCCC)cc%10c%11cc(CCCCCCCCCCCC)cc%12c(c1)c2c1c(c34)c(c56)c(c78)c(c%109)c1c%12%11. The minimum atomic E-state index is 0.879. The van der Waals surface area contributed by atoms with E-state index in [1.54, 1.807) is 49.0 Å². The third kappa shape index (κ3) is 17.5. The minimum Gasteiger partial charge on any atom is -0.0843 e. The van der Waals surface area contributed by atoms with Gasteiger partial charge in [0.05, 0.1) is 0 Å². The maximum absolute atomic E-state index is 7.79. The molecule has 0 saturated heterocycles. The maximum atomic E-state index is 7.79. The molecular formula is C102H137Cl. The summed E-state index contributed by atoms with van der Waals surface area (Å²) < 4.78 is 0. The van der Waals surface area contributed by atoms with Gasteiger partial charge >= 0.3 is 0 Å². The van der Waals surface area contributed by atoms with Gasteiger partial charge in [-0.2, -0.15) is 0 Å². The Morgan fingerprint density at radius 2 is 0.262 bits per heavy atom. The van der Waals surface area contributed by atoms with Crippen LogP contribution in [-0.4, -0.2) is 0 Å². The molecule has 0 aliphatic carbocycles. The fourth-order valence-electron chi connectivity index (χ4n) is 20.3. The van der Waals surface area contributed by atoms with Crippen molar-refractivity contribution in [2.45, 2.75) is 388 Å². The molecule has 0 amide bonds. The van der Waals surface area contributed by atoms with Crippen LogP contribution >= 0.6 is 11.6 Å². The third-order valence-corrected chi connectivity index (χ3v) is 26.1. The number of rotatable bonds is 55. The highest BCUT2D eigenvalue weighted by Gasteiger charge is 2.33. The van der Waals surface area contributed by atoms with Crippen LogP contribution in [0.1, 0.15) is 383 Å². The van der Waals surface area contributed by atoms with Crippen molar-refractivity contribution in [3.05, 3.63) is 106 Å². The molecule has 0 aromatic heterocycles. The molecule has 0 heterocycles. The lowest BCUT2D eigenvalue weighted by Gasteiger charge is -2.30. The first-order valence-corrected chi connectivity index (χ1v) is 45.3. The second-order valence-electron chi connectivity index (χ2n) is 34.1. The topological polar surface area (TPSA) is 0 Å². The predicted molar refractivity (Wildman–Crippen MR) is 466 cm³/mol.